The van der Waals surface area contributed by atoms with Gasteiger partial charge in [-0.1, -0.05) is 27.4 Å². The summed E-state index contributed by atoms with van der Waals surface area (Å²) in [6.45, 7) is 10.6. The first kappa shape index (κ1) is 17.8. The van der Waals surface area contributed by atoms with E-state index in [4.69, 9.17) is 0 Å². The highest BCUT2D eigenvalue weighted by Crippen LogP contribution is 2.37. The molecule has 0 radical (unpaired) electrons. The summed E-state index contributed by atoms with van der Waals surface area (Å²) in [4.78, 5) is 2.09. The zero-order valence-electron chi connectivity index (χ0n) is 14.9. The van der Waals surface area contributed by atoms with E-state index < -0.39 is 11.9 Å². The molecule has 0 spiro atoms. The summed E-state index contributed by atoms with van der Waals surface area (Å²) >= 11 is 0. The van der Waals surface area contributed by atoms with Crippen molar-refractivity contribution in [3.8, 4) is 0 Å². The second kappa shape index (κ2) is 6.07. The fourth-order valence-corrected chi connectivity index (χ4v) is 2.85. The van der Waals surface area contributed by atoms with Crippen LogP contribution < -0.4 is 0 Å². The first-order chi connectivity index (χ1) is 11.6. The molecular formula is C19H24F3N3. The number of nitrogens with zero attached hydrogens (tertiary/aromatic N) is 3. The first-order valence-electron chi connectivity index (χ1n) is 8.63. The van der Waals surface area contributed by atoms with Gasteiger partial charge in [0.1, 0.15) is 0 Å². The molecule has 1 aromatic rings. The zero-order valence-corrected chi connectivity index (χ0v) is 14.9. The molecule has 1 saturated carbocycles. The van der Waals surface area contributed by atoms with Crippen LogP contribution in [0.4, 0.5) is 13.2 Å². The third-order valence-corrected chi connectivity index (χ3v) is 4.91. The standard InChI is InChI=1S/C19H24F3N3/c1-5-18(3,4)12-25-16(11-17(23-25)19(20,21)22)14-8-9-24(13(2)10-14)15-6-7-15/h8-11,15H,2,5-7,12H2,1,3-4H3. The Bertz CT molecular complexity index is 734. The molecule has 3 rings (SSSR count). The van der Waals surface area contributed by atoms with Crippen molar-refractivity contribution in [3.63, 3.8) is 0 Å². The van der Waals surface area contributed by atoms with E-state index in [0.717, 1.165) is 36.6 Å². The van der Waals surface area contributed by atoms with Crippen molar-refractivity contribution in [2.75, 3.05) is 0 Å². The van der Waals surface area contributed by atoms with Gasteiger partial charge in [0.2, 0.25) is 0 Å². The molecule has 0 saturated heterocycles. The maximum absolute atomic E-state index is 13.2. The number of allylic oxidation sites excluding steroid dienone is 3. The van der Waals surface area contributed by atoms with Crippen LogP contribution in [0.2, 0.25) is 0 Å². The van der Waals surface area contributed by atoms with Crippen LogP contribution in [0.15, 0.2) is 36.7 Å². The van der Waals surface area contributed by atoms with E-state index in [1.165, 1.54) is 4.68 Å². The molecule has 0 bridgehead atoms. The molecule has 0 amide bonds. The Balaban J connectivity index is 1.96. The highest BCUT2D eigenvalue weighted by Gasteiger charge is 2.36. The van der Waals surface area contributed by atoms with Crippen LogP contribution in [-0.4, -0.2) is 20.7 Å². The molecule has 136 valence electrons. The van der Waals surface area contributed by atoms with Crippen LogP contribution >= 0.6 is 0 Å². The molecule has 0 aromatic carbocycles. The first-order valence-corrected chi connectivity index (χ1v) is 8.63. The van der Waals surface area contributed by atoms with Gasteiger partial charge in [-0.25, -0.2) is 0 Å². The van der Waals surface area contributed by atoms with Crippen LogP contribution in [0.3, 0.4) is 0 Å². The van der Waals surface area contributed by atoms with E-state index in [1.54, 1.807) is 0 Å². The molecule has 2 heterocycles. The third kappa shape index (κ3) is 3.83. The minimum absolute atomic E-state index is 0.139. The number of hydrogen-bond acceptors (Lipinski definition) is 2. The summed E-state index contributed by atoms with van der Waals surface area (Å²) < 4.78 is 41.0. The molecule has 0 atom stereocenters. The van der Waals surface area contributed by atoms with Crippen molar-refractivity contribution in [3.05, 3.63) is 48.1 Å². The predicted molar refractivity (Wildman–Crippen MR) is 92.4 cm³/mol. The van der Waals surface area contributed by atoms with E-state index in [0.29, 0.717) is 18.3 Å². The fourth-order valence-electron chi connectivity index (χ4n) is 2.85. The lowest BCUT2D eigenvalue weighted by atomic mass is 9.90. The highest BCUT2D eigenvalue weighted by atomic mass is 19.4. The van der Waals surface area contributed by atoms with Crippen LogP contribution in [0.1, 0.15) is 51.4 Å². The molecule has 1 aliphatic heterocycles. The van der Waals surface area contributed by atoms with Crippen LogP contribution in [-0.2, 0) is 12.7 Å². The Hall–Kier alpha value is -1.98. The Kier molecular flexibility index (Phi) is 4.33. The van der Waals surface area contributed by atoms with Gasteiger partial charge >= 0.3 is 6.18 Å². The average Bonchev–Trinajstić information content (AvgIpc) is 3.26. The number of rotatable bonds is 5. The number of hydrogen-bond donors (Lipinski definition) is 0. The maximum Gasteiger partial charge on any atom is 0.435 e. The van der Waals surface area contributed by atoms with E-state index in [-0.39, 0.29) is 5.41 Å². The molecule has 6 heteroatoms. The van der Waals surface area contributed by atoms with E-state index >= 15 is 0 Å². The van der Waals surface area contributed by atoms with Gasteiger partial charge in [0, 0.05) is 30.1 Å². The van der Waals surface area contributed by atoms with Crippen molar-refractivity contribution in [2.24, 2.45) is 5.41 Å². The van der Waals surface area contributed by atoms with Gasteiger partial charge in [0.05, 0.1) is 5.69 Å². The van der Waals surface area contributed by atoms with Crippen molar-refractivity contribution in [2.45, 2.75) is 58.8 Å². The maximum atomic E-state index is 13.2. The van der Waals surface area contributed by atoms with Crippen LogP contribution in [0, 0.1) is 5.41 Å². The second-order valence-electron chi connectivity index (χ2n) is 7.63. The van der Waals surface area contributed by atoms with E-state index in [9.17, 15) is 13.2 Å². The fraction of sp³-hybridized carbons (Fsp3) is 0.526. The molecule has 1 aliphatic carbocycles. The lowest BCUT2D eigenvalue weighted by Gasteiger charge is -2.26. The smallest absolute Gasteiger partial charge is 0.345 e. The summed E-state index contributed by atoms with van der Waals surface area (Å²) in [5.41, 5.74) is 1.04. The van der Waals surface area contributed by atoms with Gasteiger partial charge in [0.25, 0.3) is 0 Å². The Morgan fingerprint density at radius 3 is 2.48 bits per heavy atom. The van der Waals surface area contributed by atoms with Gasteiger partial charge in [0.15, 0.2) is 5.69 Å². The zero-order chi connectivity index (χ0) is 18.4. The molecule has 0 unspecified atom stereocenters. The van der Waals surface area contributed by atoms with Gasteiger partial charge in [-0.2, -0.15) is 18.3 Å². The topological polar surface area (TPSA) is 21.1 Å². The lowest BCUT2D eigenvalue weighted by molar-refractivity contribution is -0.141. The number of halogens is 3. The van der Waals surface area contributed by atoms with Crippen molar-refractivity contribution in [1.82, 2.24) is 14.7 Å². The van der Waals surface area contributed by atoms with Gasteiger partial charge < -0.3 is 4.90 Å². The Morgan fingerprint density at radius 1 is 1.28 bits per heavy atom. The van der Waals surface area contributed by atoms with Crippen molar-refractivity contribution < 1.29 is 13.2 Å². The minimum Gasteiger partial charge on any atom is -0.345 e. The molecular weight excluding hydrogens is 327 g/mol. The summed E-state index contributed by atoms with van der Waals surface area (Å²) in [5, 5.41) is 3.85. The third-order valence-electron chi connectivity index (χ3n) is 4.91. The molecule has 3 nitrogen and oxygen atoms in total. The lowest BCUT2D eigenvalue weighted by Crippen LogP contribution is -2.22. The van der Waals surface area contributed by atoms with E-state index in [2.05, 4.69) is 16.6 Å². The summed E-state index contributed by atoms with van der Waals surface area (Å²) in [7, 11) is 0. The van der Waals surface area contributed by atoms with Gasteiger partial charge in [-0.15, -0.1) is 0 Å². The summed E-state index contributed by atoms with van der Waals surface area (Å²) in [6, 6.07) is 1.62. The molecule has 25 heavy (non-hydrogen) atoms. The molecule has 1 aromatic heterocycles. The highest BCUT2D eigenvalue weighted by molar-refractivity contribution is 5.75. The minimum atomic E-state index is -4.45. The Labute approximate surface area is 146 Å². The van der Waals surface area contributed by atoms with Crippen molar-refractivity contribution >= 4 is 5.57 Å². The van der Waals surface area contributed by atoms with E-state index in [1.807, 2.05) is 39.1 Å². The van der Waals surface area contributed by atoms with Crippen molar-refractivity contribution in [1.29, 1.82) is 0 Å². The van der Waals surface area contributed by atoms with Crippen LogP contribution in [0.25, 0.3) is 5.57 Å². The molecule has 1 fully saturated rings. The van der Waals surface area contributed by atoms with Gasteiger partial charge in [-0.3, -0.25) is 4.68 Å². The predicted octanol–water partition coefficient (Wildman–Crippen LogP) is 5.23. The van der Waals surface area contributed by atoms with Gasteiger partial charge in [-0.05, 0) is 42.9 Å². The summed E-state index contributed by atoms with van der Waals surface area (Å²) in [6.07, 6.45) is 4.30. The molecule has 0 N–H and O–H groups in total. The number of aromatic nitrogens is 2. The SMILES string of the molecule is C=C1C=C(c2cc(C(F)(F)F)nn2CC(C)(C)CC)C=CN1C1CC1. The number of alkyl halides is 3. The normalized spacial score (nSPS) is 18.7. The van der Waals surface area contributed by atoms with Crippen LogP contribution in [0.5, 0.6) is 0 Å². The average molecular weight is 351 g/mol. The Morgan fingerprint density at radius 2 is 1.96 bits per heavy atom. The largest absolute Gasteiger partial charge is 0.435 e. The molecule has 2 aliphatic rings. The summed E-state index contributed by atoms with van der Waals surface area (Å²) in [5.74, 6) is 0. The second-order valence-corrected chi connectivity index (χ2v) is 7.63. The monoisotopic (exact) mass is 351 g/mol. The quantitative estimate of drug-likeness (QED) is 0.724.